The summed E-state index contributed by atoms with van der Waals surface area (Å²) in [4.78, 5) is 0. The molecule has 1 aromatic carbocycles. The Kier molecular flexibility index (Phi) is 3.18. The Labute approximate surface area is 83.6 Å². The van der Waals surface area contributed by atoms with E-state index in [0.29, 0.717) is 0 Å². The molecule has 0 saturated heterocycles. The molecule has 15 heavy (non-hydrogen) atoms. The van der Waals surface area contributed by atoms with Crippen molar-refractivity contribution in [2.75, 3.05) is 7.11 Å². The van der Waals surface area contributed by atoms with Crippen LogP contribution < -0.4 is 10.5 Å². The van der Waals surface area contributed by atoms with Crippen molar-refractivity contribution in [3.8, 4) is 5.75 Å². The van der Waals surface area contributed by atoms with Gasteiger partial charge in [-0.2, -0.15) is 13.2 Å². The summed E-state index contributed by atoms with van der Waals surface area (Å²) in [6.45, 7) is 0. The van der Waals surface area contributed by atoms with E-state index < -0.39 is 18.0 Å². The molecule has 0 aliphatic heterocycles. The van der Waals surface area contributed by atoms with E-state index in [2.05, 4.69) is 4.74 Å². The summed E-state index contributed by atoms with van der Waals surface area (Å²) in [6, 6.07) is 0.560. The first-order valence-corrected chi connectivity index (χ1v) is 4.02. The third kappa shape index (κ3) is 2.59. The topological polar surface area (TPSA) is 35.2 Å². The molecule has 0 radical (unpaired) electrons. The van der Waals surface area contributed by atoms with Gasteiger partial charge in [0.1, 0.15) is 17.6 Å². The lowest BCUT2D eigenvalue weighted by Gasteiger charge is -2.18. The van der Waals surface area contributed by atoms with Gasteiger partial charge in [0.25, 0.3) is 0 Å². The summed E-state index contributed by atoms with van der Waals surface area (Å²) < 4.78 is 54.1. The highest BCUT2D eigenvalue weighted by Crippen LogP contribution is 2.35. The highest BCUT2D eigenvalue weighted by molar-refractivity contribution is 5.37. The molecule has 0 heterocycles. The van der Waals surface area contributed by atoms with Gasteiger partial charge in [0.05, 0.1) is 7.11 Å². The fourth-order valence-corrected chi connectivity index (χ4v) is 1.12. The Bertz CT molecular complexity index is 350. The molecule has 0 unspecified atom stereocenters. The van der Waals surface area contributed by atoms with Gasteiger partial charge in [-0.05, 0) is 6.07 Å². The quantitative estimate of drug-likeness (QED) is 0.781. The molecule has 0 fully saturated rings. The van der Waals surface area contributed by atoms with Crippen molar-refractivity contribution in [3.63, 3.8) is 0 Å². The van der Waals surface area contributed by atoms with Crippen LogP contribution in [-0.2, 0) is 0 Å². The number of hydrogen-bond acceptors (Lipinski definition) is 2. The average Bonchev–Trinajstić information content (AvgIpc) is 2.15. The van der Waals surface area contributed by atoms with Gasteiger partial charge in [0.2, 0.25) is 0 Å². The Morgan fingerprint density at radius 3 is 2.40 bits per heavy atom. The van der Waals surface area contributed by atoms with Gasteiger partial charge in [0.15, 0.2) is 0 Å². The maximum Gasteiger partial charge on any atom is 0.407 e. The average molecular weight is 223 g/mol. The Hall–Kier alpha value is -1.30. The van der Waals surface area contributed by atoms with Gasteiger partial charge in [-0.3, -0.25) is 0 Å². The van der Waals surface area contributed by atoms with E-state index in [1.54, 1.807) is 0 Å². The molecule has 0 aliphatic rings. The molecule has 1 atom stereocenters. The summed E-state index contributed by atoms with van der Waals surface area (Å²) in [5.41, 5.74) is 4.69. The predicted octanol–water partition coefficient (Wildman–Crippen LogP) is 2.40. The highest BCUT2D eigenvalue weighted by Gasteiger charge is 2.39. The summed E-state index contributed by atoms with van der Waals surface area (Å²) in [5.74, 6) is -0.884. The Morgan fingerprint density at radius 1 is 1.33 bits per heavy atom. The second-order valence-electron chi connectivity index (χ2n) is 2.91. The molecule has 1 rings (SSSR count). The van der Waals surface area contributed by atoms with Gasteiger partial charge in [-0.1, -0.05) is 6.07 Å². The number of rotatable bonds is 2. The predicted molar refractivity (Wildman–Crippen MR) is 45.9 cm³/mol. The lowest BCUT2D eigenvalue weighted by atomic mass is 10.1. The lowest BCUT2D eigenvalue weighted by molar-refractivity contribution is -0.149. The van der Waals surface area contributed by atoms with Gasteiger partial charge >= 0.3 is 6.18 Å². The molecule has 2 nitrogen and oxygen atoms in total. The number of nitrogens with two attached hydrogens (primary N) is 1. The van der Waals surface area contributed by atoms with E-state index in [0.717, 1.165) is 25.3 Å². The van der Waals surface area contributed by atoms with Crippen LogP contribution in [0.4, 0.5) is 17.6 Å². The summed E-state index contributed by atoms with van der Waals surface area (Å²) >= 11 is 0. The first-order chi connectivity index (χ1) is 6.86. The van der Waals surface area contributed by atoms with Crippen molar-refractivity contribution in [2.24, 2.45) is 5.73 Å². The van der Waals surface area contributed by atoms with Crippen LogP contribution in [-0.4, -0.2) is 13.3 Å². The van der Waals surface area contributed by atoms with Crippen LogP contribution >= 0.6 is 0 Å². The number of benzene rings is 1. The van der Waals surface area contributed by atoms with Crippen molar-refractivity contribution in [2.45, 2.75) is 12.2 Å². The minimum absolute atomic E-state index is 0.208. The zero-order valence-corrected chi connectivity index (χ0v) is 7.81. The summed E-state index contributed by atoms with van der Waals surface area (Å²) in [5, 5.41) is 0. The van der Waals surface area contributed by atoms with Crippen LogP contribution in [0.1, 0.15) is 11.6 Å². The largest absolute Gasteiger partial charge is 0.496 e. The minimum atomic E-state index is -4.58. The standard InChI is InChI=1S/C9H9F4NO/c1-15-7-4-5(10)2-3-6(7)8(14)9(11,12)13/h2-4,8H,14H2,1H3/t8-/m1/s1. The maximum atomic E-state index is 12.7. The Balaban J connectivity index is 3.14. The molecule has 84 valence electrons. The molecule has 2 N–H and O–H groups in total. The molecule has 1 aromatic rings. The lowest BCUT2D eigenvalue weighted by Crippen LogP contribution is -2.28. The molecule has 0 spiro atoms. The van der Waals surface area contributed by atoms with Crippen LogP contribution in [0.25, 0.3) is 0 Å². The fraction of sp³-hybridized carbons (Fsp3) is 0.333. The Morgan fingerprint density at radius 2 is 1.93 bits per heavy atom. The molecule has 0 saturated carbocycles. The van der Waals surface area contributed by atoms with Crippen LogP contribution in [0.5, 0.6) is 5.75 Å². The normalized spacial score (nSPS) is 13.7. The van der Waals surface area contributed by atoms with E-state index in [4.69, 9.17) is 5.73 Å². The fourth-order valence-electron chi connectivity index (χ4n) is 1.12. The molecule has 0 amide bonds. The first kappa shape index (κ1) is 11.8. The van der Waals surface area contributed by atoms with E-state index in [-0.39, 0.29) is 11.3 Å². The maximum absolute atomic E-state index is 12.7. The van der Waals surface area contributed by atoms with E-state index in [9.17, 15) is 17.6 Å². The van der Waals surface area contributed by atoms with Gasteiger partial charge < -0.3 is 10.5 Å². The van der Waals surface area contributed by atoms with Crippen molar-refractivity contribution < 1.29 is 22.3 Å². The van der Waals surface area contributed by atoms with Crippen molar-refractivity contribution in [3.05, 3.63) is 29.6 Å². The van der Waals surface area contributed by atoms with Gasteiger partial charge in [0, 0.05) is 11.6 Å². The third-order valence-electron chi connectivity index (χ3n) is 1.88. The van der Waals surface area contributed by atoms with E-state index in [1.165, 1.54) is 0 Å². The summed E-state index contributed by atoms with van der Waals surface area (Å²) in [7, 11) is 1.15. The van der Waals surface area contributed by atoms with Crippen LogP contribution in [0.2, 0.25) is 0 Å². The van der Waals surface area contributed by atoms with E-state index >= 15 is 0 Å². The molecular formula is C9H9F4NO. The van der Waals surface area contributed by atoms with Crippen molar-refractivity contribution >= 4 is 0 Å². The number of alkyl halides is 3. The smallest absolute Gasteiger partial charge is 0.407 e. The molecule has 0 aliphatic carbocycles. The van der Waals surface area contributed by atoms with Gasteiger partial charge in [-0.25, -0.2) is 4.39 Å². The second-order valence-corrected chi connectivity index (χ2v) is 2.91. The minimum Gasteiger partial charge on any atom is -0.496 e. The van der Waals surface area contributed by atoms with Crippen LogP contribution in [0.3, 0.4) is 0 Å². The van der Waals surface area contributed by atoms with E-state index in [1.807, 2.05) is 0 Å². The molecule has 0 bridgehead atoms. The number of halogens is 4. The SMILES string of the molecule is COc1cc(F)ccc1[C@@H](N)C(F)(F)F. The number of hydrogen-bond donors (Lipinski definition) is 1. The molecule has 0 aromatic heterocycles. The van der Waals surface area contributed by atoms with Gasteiger partial charge in [-0.15, -0.1) is 0 Å². The summed E-state index contributed by atoms with van der Waals surface area (Å²) in [6.07, 6.45) is -4.58. The molecular weight excluding hydrogens is 214 g/mol. The zero-order chi connectivity index (χ0) is 11.6. The van der Waals surface area contributed by atoms with Crippen molar-refractivity contribution in [1.29, 1.82) is 0 Å². The monoisotopic (exact) mass is 223 g/mol. The highest BCUT2D eigenvalue weighted by atomic mass is 19.4. The first-order valence-electron chi connectivity index (χ1n) is 4.02. The molecule has 6 heteroatoms. The number of ether oxygens (including phenoxy) is 1. The van der Waals surface area contributed by atoms with Crippen molar-refractivity contribution in [1.82, 2.24) is 0 Å². The van der Waals surface area contributed by atoms with Crippen LogP contribution in [0, 0.1) is 5.82 Å². The third-order valence-corrected chi connectivity index (χ3v) is 1.88. The number of methoxy groups -OCH3 is 1. The zero-order valence-electron chi connectivity index (χ0n) is 7.81. The second kappa shape index (κ2) is 4.06. The van der Waals surface area contributed by atoms with Crippen LogP contribution in [0.15, 0.2) is 18.2 Å².